The minimum absolute atomic E-state index is 0.126. The standard InChI is InChI=1S/C11H18N6O3S/c1-9-15-11(20-16-9)3-5-14-21(18,19)10-7-13-17(8-10)6-2-4-12/h7-8,14H,2-6,12H2,1H3. The third-order valence-corrected chi connectivity index (χ3v) is 4.13. The lowest BCUT2D eigenvalue weighted by Gasteiger charge is -2.02. The van der Waals surface area contributed by atoms with Crippen LogP contribution in [-0.4, -0.2) is 41.4 Å². The first-order valence-electron chi connectivity index (χ1n) is 6.52. The van der Waals surface area contributed by atoms with Crippen molar-refractivity contribution in [3.8, 4) is 0 Å². The van der Waals surface area contributed by atoms with E-state index in [1.165, 1.54) is 12.4 Å². The van der Waals surface area contributed by atoms with E-state index in [0.717, 1.165) is 6.42 Å². The van der Waals surface area contributed by atoms with Crippen LogP contribution in [0.2, 0.25) is 0 Å². The normalized spacial score (nSPS) is 11.9. The second-order valence-corrected chi connectivity index (χ2v) is 6.23. The Kier molecular flexibility index (Phi) is 5.04. The monoisotopic (exact) mass is 314 g/mol. The van der Waals surface area contributed by atoms with Crippen LogP contribution in [0.5, 0.6) is 0 Å². The van der Waals surface area contributed by atoms with Gasteiger partial charge in [-0.25, -0.2) is 13.1 Å². The van der Waals surface area contributed by atoms with E-state index < -0.39 is 10.0 Å². The molecule has 0 aromatic carbocycles. The van der Waals surface area contributed by atoms with Crippen LogP contribution in [0.25, 0.3) is 0 Å². The number of hydrogen-bond acceptors (Lipinski definition) is 7. The molecule has 0 atom stereocenters. The molecule has 2 rings (SSSR count). The van der Waals surface area contributed by atoms with E-state index in [-0.39, 0.29) is 11.4 Å². The summed E-state index contributed by atoms with van der Waals surface area (Å²) in [5.41, 5.74) is 5.40. The van der Waals surface area contributed by atoms with E-state index in [4.69, 9.17) is 10.3 Å². The first kappa shape index (κ1) is 15.6. The second kappa shape index (κ2) is 6.78. The summed E-state index contributed by atoms with van der Waals surface area (Å²) in [7, 11) is -3.58. The van der Waals surface area contributed by atoms with Crippen LogP contribution in [0, 0.1) is 6.92 Å². The summed E-state index contributed by atoms with van der Waals surface area (Å²) < 4.78 is 33.1. The van der Waals surface area contributed by atoms with Gasteiger partial charge in [0.15, 0.2) is 5.82 Å². The lowest BCUT2D eigenvalue weighted by atomic mass is 10.4. The number of nitrogens with two attached hydrogens (primary N) is 1. The number of nitrogens with zero attached hydrogens (tertiary/aromatic N) is 4. The number of aryl methyl sites for hydroxylation is 2. The molecule has 0 saturated carbocycles. The molecule has 2 heterocycles. The third-order valence-electron chi connectivity index (χ3n) is 2.71. The van der Waals surface area contributed by atoms with E-state index in [1.807, 2.05) is 0 Å². The van der Waals surface area contributed by atoms with Gasteiger partial charge in [-0.2, -0.15) is 10.1 Å². The molecule has 0 radical (unpaired) electrons. The number of sulfonamides is 1. The highest BCUT2D eigenvalue weighted by Crippen LogP contribution is 2.07. The van der Waals surface area contributed by atoms with E-state index >= 15 is 0 Å². The maximum absolute atomic E-state index is 12.1. The second-order valence-electron chi connectivity index (χ2n) is 4.46. The van der Waals surface area contributed by atoms with Crippen molar-refractivity contribution in [2.75, 3.05) is 13.1 Å². The van der Waals surface area contributed by atoms with Crippen molar-refractivity contribution in [3.63, 3.8) is 0 Å². The molecule has 0 aliphatic carbocycles. The summed E-state index contributed by atoms with van der Waals surface area (Å²) in [6.07, 6.45) is 3.87. The summed E-state index contributed by atoms with van der Waals surface area (Å²) in [5.74, 6) is 0.919. The predicted molar refractivity (Wildman–Crippen MR) is 73.8 cm³/mol. The number of aromatic nitrogens is 4. The highest BCUT2D eigenvalue weighted by atomic mass is 32.2. The van der Waals surface area contributed by atoms with Crippen LogP contribution in [0.3, 0.4) is 0 Å². The van der Waals surface area contributed by atoms with Crippen molar-refractivity contribution in [2.45, 2.75) is 31.2 Å². The molecular formula is C11H18N6O3S. The Morgan fingerprint density at radius 3 is 2.95 bits per heavy atom. The van der Waals surface area contributed by atoms with Gasteiger partial charge >= 0.3 is 0 Å². The van der Waals surface area contributed by atoms with Crippen LogP contribution in [-0.2, 0) is 23.0 Å². The Morgan fingerprint density at radius 2 is 2.29 bits per heavy atom. The van der Waals surface area contributed by atoms with Gasteiger partial charge in [-0.1, -0.05) is 5.16 Å². The van der Waals surface area contributed by atoms with Gasteiger partial charge in [-0.3, -0.25) is 4.68 Å². The Balaban J connectivity index is 1.90. The zero-order valence-corrected chi connectivity index (χ0v) is 12.5. The molecule has 0 amide bonds. The molecule has 0 fully saturated rings. The van der Waals surface area contributed by atoms with Gasteiger partial charge in [0, 0.05) is 25.7 Å². The van der Waals surface area contributed by atoms with E-state index in [2.05, 4.69) is 20.0 Å². The molecule has 116 valence electrons. The molecule has 0 aliphatic heterocycles. The van der Waals surface area contributed by atoms with Gasteiger partial charge in [-0.15, -0.1) is 0 Å². The first-order valence-corrected chi connectivity index (χ1v) is 8.01. The summed E-state index contributed by atoms with van der Waals surface area (Å²) in [4.78, 5) is 4.13. The van der Waals surface area contributed by atoms with Gasteiger partial charge < -0.3 is 10.3 Å². The van der Waals surface area contributed by atoms with Crippen molar-refractivity contribution < 1.29 is 12.9 Å². The molecule has 10 heteroatoms. The largest absolute Gasteiger partial charge is 0.339 e. The molecule has 0 aliphatic rings. The Labute approximate surface area is 122 Å². The molecule has 0 unspecified atom stereocenters. The van der Waals surface area contributed by atoms with Crippen LogP contribution >= 0.6 is 0 Å². The quantitative estimate of drug-likeness (QED) is 0.668. The third kappa shape index (κ3) is 4.34. The molecule has 0 saturated heterocycles. The zero-order valence-electron chi connectivity index (χ0n) is 11.7. The smallest absolute Gasteiger partial charge is 0.243 e. The zero-order chi connectivity index (χ0) is 15.3. The van der Waals surface area contributed by atoms with Gasteiger partial charge in [0.1, 0.15) is 4.90 Å². The van der Waals surface area contributed by atoms with E-state index in [0.29, 0.717) is 31.2 Å². The van der Waals surface area contributed by atoms with Crippen molar-refractivity contribution in [3.05, 3.63) is 24.1 Å². The Bertz CT molecular complexity index is 678. The molecule has 3 N–H and O–H groups in total. The average molecular weight is 314 g/mol. The van der Waals surface area contributed by atoms with Gasteiger partial charge in [-0.05, 0) is 19.9 Å². The maximum Gasteiger partial charge on any atom is 0.243 e. The Hall–Kier alpha value is -1.78. The minimum atomic E-state index is -3.58. The molecule has 2 aromatic heterocycles. The lowest BCUT2D eigenvalue weighted by molar-refractivity contribution is 0.375. The molecule has 9 nitrogen and oxygen atoms in total. The van der Waals surface area contributed by atoms with Crippen molar-refractivity contribution >= 4 is 10.0 Å². The molecule has 0 bridgehead atoms. The summed E-state index contributed by atoms with van der Waals surface area (Å²) in [6, 6.07) is 0. The highest BCUT2D eigenvalue weighted by Gasteiger charge is 2.16. The predicted octanol–water partition coefficient (Wildman–Crippen LogP) is -0.556. The van der Waals surface area contributed by atoms with E-state index in [9.17, 15) is 8.42 Å². The average Bonchev–Trinajstić information content (AvgIpc) is 3.06. The van der Waals surface area contributed by atoms with Crippen LogP contribution in [0.1, 0.15) is 18.1 Å². The van der Waals surface area contributed by atoms with Crippen LogP contribution in [0.15, 0.2) is 21.8 Å². The number of hydrogen-bond donors (Lipinski definition) is 2. The van der Waals surface area contributed by atoms with Gasteiger partial charge in [0.2, 0.25) is 15.9 Å². The van der Waals surface area contributed by atoms with Crippen LogP contribution < -0.4 is 10.5 Å². The summed E-state index contributed by atoms with van der Waals surface area (Å²) in [6.45, 7) is 3.00. The highest BCUT2D eigenvalue weighted by molar-refractivity contribution is 7.89. The maximum atomic E-state index is 12.1. The molecule has 0 spiro atoms. The van der Waals surface area contributed by atoms with Gasteiger partial charge in [0.25, 0.3) is 0 Å². The first-order chi connectivity index (χ1) is 10.0. The summed E-state index contributed by atoms with van der Waals surface area (Å²) >= 11 is 0. The molecular weight excluding hydrogens is 296 g/mol. The Morgan fingerprint density at radius 1 is 1.48 bits per heavy atom. The topological polar surface area (TPSA) is 129 Å². The van der Waals surface area contributed by atoms with E-state index in [1.54, 1.807) is 11.6 Å². The fourth-order valence-corrected chi connectivity index (χ4v) is 2.66. The SMILES string of the molecule is Cc1noc(CCNS(=O)(=O)c2cnn(CCCN)c2)n1. The van der Waals surface area contributed by atoms with Crippen molar-refractivity contribution in [1.29, 1.82) is 0 Å². The van der Waals surface area contributed by atoms with Crippen LogP contribution in [0.4, 0.5) is 0 Å². The molecule has 2 aromatic rings. The summed E-state index contributed by atoms with van der Waals surface area (Å²) in [5, 5.41) is 7.63. The van der Waals surface area contributed by atoms with Crippen molar-refractivity contribution in [1.82, 2.24) is 24.6 Å². The van der Waals surface area contributed by atoms with Gasteiger partial charge in [0.05, 0.1) is 6.20 Å². The minimum Gasteiger partial charge on any atom is -0.339 e. The van der Waals surface area contributed by atoms with Crippen molar-refractivity contribution in [2.24, 2.45) is 5.73 Å². The molecule has 21 heavy (non-hydrogen) atoms. The lowest BCUT2D eigenvalue weighted by Crippen LogP contribution is -2.25. The fourth-order valence-electron chi connectivity index (χ4n) is 1.68. The fraction of sp³-hybridized carbons (Fsp3) is 0.545. The number of rotatable bonds is 8. The number of nitrogens with one attached hydrogen (secondary N) is 1.